The Morgan fingerprint density at radius 1 is 1.37 bits per heavy atom. The van der Waals surface area contributed by atoms with E-state index in [9.17, 15) is 14.3 Å². The van der Waals surface area contributed by atoms with E-state index in [1.165, 1.54) is 23.3 Å². The lowest BCUT2D eigenvalue weighted by molar-refractivity contribution is -0.135. The van der Waals surface area contributed by atoms with Crippen molar-refractivity contribution >= 4 is 11.6 Å². The van der Waals surface area contributed by atoms with Gasteiger partial charge in [-0.2, -0.15) is 0 Å². The molecule has 3 atom stereocenters. The molecule has 1 amide bonds. The molecule has 0 fully saturated rings. The minimum absolute atomic E-state index is 0.126. The molecule has 0 radical (unpaired) electrons. The van der Waals surface area contributed by atoms with E-state index in [-0.39, 0.29) is 23.6 Å². The molecule has 4 rings (SSSR count). The number of nitrogens with zero attached hydrogens (tertiary/aromatic N) is 2. The summed E-state index contributed by atoms with van der Waals surface area (Å²) in [5, 5.41) is 11.8. The van der Waals surface area contributed by atoms with Crippen LogP contribution in [0.15, 0.2) is 59.0 Å². The van der Waals surface area contributed by atoms with Crippen LogP contribution < -0.4 is 10.4 Å². The second kappa shape index (κ2) is 8.26. The number of nitrogens with one attached hydrogen (secondary N) is 1. The van der Waals surface area contributed by atoms with Crippen LogP contribution in [0.4, 0.5) is 10.1 Å². The number of anilines is 1. The van der Waals surface area contributed by atoms with Gasteiger partial charge < -0.3 is 15.4 Å². The number of allylic oxidation sites excluding steroid dienone is 3. The third kappa shape index (κ3) is 3.65. The zero-order valence-corrected chi connectivity index (χ0v) is 17.9. The molecular formula is C24H30FN3O2. The third-order valence-electron chi connectivity index (χ3n) is 6.25. The van der Waals surface area contributed by atoms with Gasteiger partial charge in [0.1, 0.15) is 5.82 Å². The molecule has 0 saturated heterocycles. The minimum atomic E-state index is -0.531. The van der Waals surface area contributed by atoms with Crippen LogP contribution in [0.25, 0.3) is 0 Å². The Balaban J connectivity index is 1.62. The fourth-order valence-electron chi connectivity index (χ4n) is 4.95. The first-order chi connectivity index (χ1) is 14.4. The summed E-state index contributed by atoms with van der Waals surface area (Å²) >= 11 is 0. The summed E-state index contributed by atoms with van der Waals surface area (Å²) in [6, 6.07) is 6.44. The van der Waals surface area contributed by atoms with Gasteiger partial charge in [0.2, 0.25) is 5.91 Å². The molecule has 0 spiro atoms. The topological polar surface area (TPSA) is 55.8 Å². The first kappa shape index (κ1) is 20.7. The van der Waals surface area contributed by atoms with Crippen molar-refractivity contribution in [3.8, 4) is 0 Å². The number of aliphatic hydroxyl groups excluding tert-OH is 1. The number of rotatable bonds is 6. The van der Waals surface area contributed by atoms with Gasteiger partial charge in [-0.05, 0) is 67.7 Å². The molecule has 6 heteroatoms. The lowest BCUT2D eigenvalue weighted by Crippen LogP contribution is -2.41. The number of carbonyl (C=O) groups is 1. The van der Waals surface area contributed by atoms with Crippen LogP contribution in [-0.2, 0) is 4.79 Å². The Labute approximate surface area is 177 Å². The van der Waals surface area contributed by atoms with E-state index in [4.69, 9.17) is 0 Å². The Bertz CT molecular complexity index is 917. The number of hydrazine groups is 1. The number of benzene rings is 1. The molecule has 3 aliphatic rings. The highest BCUT2D eigenvalue weighted by Crippen LogP contribution is 2.48. The number of halogens is 1. The summed E-state index contributed by atoms with van der Waals surface area (Å²) < 4.78 is 13.3. The summed E-state index contributed by atoms with van der Waals surface area (Å²) in [5.41, 5.74) is 8.83. The SMILES string of the molecule is CCCN(C[C@H](C)O)C(=O)[C@H]1CCC2=C1[C@@H](C)C1=CNN(c3ccc(F)cc3)C1=C2. The summed E-state index contributed by atoms with van der Waals surface area (Å²) in [4.78, 5) is 15.2. The van der Waals surface area contributed by atoms with Crippen molar-refractivity contribution in [1.82, 2.24) is 10.3 Å². The van der Waals surface area contributed by atoms with E-state index >= 15 is 0 Å². The molecule has 0 aromatic heterocycles. The van der Waals surface area contributed by atoms with Gasteiger partial charge in [-0.15, -0.1) is 0 Å². The Morgan fingerprint density at radius 2 is 2.10 bits per heavy atom. The molecule has 0 unspecified atom stereocenters. The van der Waals surface area contributed by atoms with Crippen molar-refractivity contribution in [2.24, 2.45) is 11.8 Å². The van der Waals surface area contributed by atoms with Gasteiger partial charge in [-0.1, -0.05) is 13.8 Å². The van der Waals surface area contributed by atoms with Gasteiger partial charge in [-0.25, -0.2) is 4.39 Å². The lowest BCUT2D eigenvalue weighted by Gasteiger charge is -2.32. The molecule has 5 nitrogen and oxygen atoms in total. The van der Waals surface area contributed by atoms with Crippen molar-refractivity contribution in [2.75, 3.05) is 18.1 Å². The molecule has 0 bridgehead atoms. The number of aliphatic hydroxyl groups is 1. The lowest BCUT2D eigenvalue weighted by atomic mass is 9.80. The molecule has 1 aromatic rings. The number of hydrogen-bond donors (Lipinski definition) is 2. The average molecular weight is 412 g/mol. The number of carbonyl (C=O) groups excluding carboxylic acids is 1. The van der Waals surface area contributed by atoms with Gasteiger partial charge in [0.15, 0.2) is 0 Å². The van der Waals surface area contributed by atoms with Crippen LogP contribution >= 0.6 is 0 Å². The molecule has 0 saturated carbocycles. The normalized spacial score (nSPS) is 23.4. The quantitative estimate of drug-likeness (QED) is 0.746. The maximum atomic E-state index is 13.4. The van der Waals surface area contributed by atoms with Crippen molar-refractivity contribution < 1.29 is 14.3 Å². The maximum absolute atomic E-state index is 13.4. The smallest absolute Gasteiger partial charge is 0.229 e. The number of hydrogen-bond acceptors (Lipinski definition) is 4. The van der Waals surface area contributed by atoms with Crippen LogP contribution in [0.5, 0.6) is 0 Å². The maximum Gasteiger partial charge on any atom is 0.229 e. The van der Waals surface area contributed by atoms with E-state index in [0.29, 0.717) is 13.1 Å². The van der Waals surface area contributed by atoms with Crippen LogP contribution in [0.3, 0.4) is 0 Å². The first-order valence-electron chi connectivity index (χ1n) is 10.8. The highest BCUT2D eigenvalue weighted by molar-refractivity contribution is 5.84. The standard InChI is InChI=1S/C24H30FN3O2/c1-4-11-27(14-15(2)29)24(30)20-10-5-17-12-22-21(16(3)23(17)20)13-26-28(22)19-8-6-18(25)7-9-19/h6-9,12-13,15-16,20,26,29H,4-5,10-11,14H2,1-3H3/t15-,16-,20-/m0/s1. The van der Waals surface area contributed by atoms with Crippen LogP contribution in [0.2, 0.25) is 0 Å². The fraction of sp³-hybridized carbons (Fsp3) is 0.458. The van der Waals surface area contributed by atoms with E-state index in [0.717, 1.165) is 36.2 Å². The van der Waals surface area contributed by atoms with E-state index in [1.807, 2.05) is 16.1 Å². The molecule has 30 heavy (non-hydrogen) atoms. The van der Waals surface area contributed by atoms with Gasteiger partial charge in [0.05, 0.1) is 23.4 Å². The Hall–Kier alpha value is -2.60. The monoisotopic (exact) mass is 411 g/mol. The van der Waals surface area contributed by atoms with E-state index in [2.05, 4.69) is 25.3 Å². The van der Waals surface area contributed by atoms with Crippen LogP contribution in [0, 0.1) is 17.7 Å². The van der Waals surface area contributed by atoms with Crippen molar-refractivity contribution in [2.45, 2.75) is 46.1 Å². The summed E-state index contributed by atoms with van der Waals surface area (Å²) in [6.45, 7) is 6.99. The minimum Gasteiger partial charge on any atom is -0.392 e. The second-order valence-corrected chi connectivity index (χ2v) is 8.50. The second-order valence-electron chi connectivity index (χ2n) is 8.50. The molecule has 1 aliphatic heterocycles. The fourth-order valence-corrected chi connectivity index (χ4v) is 4.95. The molecule has 2 N–H and O–H groups in total. The van der Waals surface area contributed by atoms with Crippen LogP contribution in [-0.4, -0.2) is 35.1 Å². The first-order valence-corrected chi connectivity index (χ1v) is 10.8. The zero-order chi connectivity index (χ0) is 21.4. The van der Waals surface area contributed by atoms with E-state index < -0.39 is 6.10 Å². The Kier molecular flexibility index (Phi) is 5.69. The van der Waals surface area contributed by atoms with Gasteiger partial charge in [0.25, 0.3) is 0 Å². The zero-order valence-electron chi connectivity index (χ0n) is 17.9. The molecule has 1 heterocycles. The van der Waals surface area contributed by atoms with Crippen molar-refractivity contribution in [3.05, 3.63) is 64.8 Å². The third-order valence-corrected chi connectivity index (χ3v) is 6.25. The van der Waals surface area contributed by atoms with E-state index in [1.54, 1.807) is 19.1 Å². The van der Waals surface area contributed by atoms with Crippen LogP contribution in [0.1, 0.15) is 40.0 Å². The molecule has 160 valence electrons. The summed E-state index contributed by atoms with van der Waals surface area (Å²) in [5.74, 6) is -0.121. The molecular weight excluding hydrogens is 381 g/mol. The number of amides is 1. The molecule has 2 aliphatic carbocycles. The van der Waals surface area contributed by atoms with Gasteiger partial charge in [-0.3, -0.25) is 9.80 Å². The molecule has 1 aromatic carbocycles. The van der Waals surface area contributed by atoms with Gasteiger partial charge >= 0.3 is 0 Å². The van der Waals surface area contributed by atoms with Gasteiger partial charge in [0, 0.05) is 30.8 Å². The average Bonchev–Trinajstić information content (AvgIpc) is 3.32. The largest absolute Gasteiger partial charge is 0.392 e. The summed E-state index contributed by atoms with van der Waals surface area (Å²) in [7, 11) is 0. The predicted molar refractivity (Wildman–Crippen MR) is 116 cm³/mol. The highest BCUT2D eigenvalue weighted by Gasteiger charge is 2.41. The van der Waals surface area contributed by atoms with Crippen molar-refractivity contribution in [1.29, 1.82) is 0 Å². The summed E-state index contributed by atoms with van der Waals surface area (Å²) in [6.07, 6.45) is 6.20. The highest BCUT2D eigenvalue weighted by atomic mass is 19.1. The predicted octanol–water partition coefficient (Wildman–Crippen LogP) is 3.89. The number of fused-ring (bicyclic) bond motifs is 1. The Morgan fingerprint density at radius 3 is 2.77 bits per heavy atom. The van der Waals surface area contributed by atoms with Crippen molar-refractivity contribution in [3.63, 3.8) is 0 Å².